The fraction of sp³-hybridized carbons (Fsp3) is 0.125. The van der Waals surface area contributed by atoms with Crippen LogP contribution < -0.4 is 10.1 Å². The number of hydrogen-bond donors (Lipinski definition) is 1. The van der Waals surface area contributed by atoms with Crippen molar-refractivity contribution in [1.29, 1.82) is 0 Å². The van der Waals surface area contributed by atoms with Gasteiger partial charge in [-0.3, -0.25) is 0 Å². The Kier molecular flexibility index (Phi) is 5.40. The first-order chi connectivity index (χ1) is 9.69. The lowest BCUT2D eigenvalue weighted by Gasteiger charge is -2.09. The summed E-state index contributed by atoms with van der Waals surface area (Å²) in [5.74, 6) is 0.605. The Morgan fingerprint density at radius 2 is 1.95 bits per heavy atom. The second-order valence-corrected chi connectivity index (χ2v) is 5.38. The van der Waals surface area contributed by atoms with E-state index in [0.29, 0.717) is 13.2 Å². The molecule has 0 saturated heterocycles. The van der Waals surface area contributed by atoms with Gasteiger partial charge in [-0.1, -0.05) is 24.8 Å². The molecule has 0 amide bonds. The average molecular weight is 383 g/mol. The summed E-state index contributed by atoms with van der Waals surface area (Å²) >= 11 is 2.12. The summed E-state index contributed by atoms with van der Waals surface area (Å²) < 4.78 is 19.3. The Morgan fingerprint density at radius 3 is 2.60 bits per heavy atom. The molecule has 0 bridgehead atoms. The second kappa shape index (κ2) is 7.28. The molecule has 20 heavy (non-hydrogen) atoms. The number of hydrogen-bond acceptors (Lipinski definition) is 2. The van der Waals surface area contributed by atoms with Gasteiger partial charge in [0.15, 0.2) is 0 Å². The third-order valence-corrected chi connectivity index (χ3v) is 3.60. The van der Waals surface area contributed by atoms with Gasteiger partial charge >= 0.3 is 0 Å². The van der Waals surface area contributed by atoms with Gasteiger partial charge in [-0.15, -0.1) is 0 Å². The van der Waals surface area contributed by atoms with Gasteiger partial charge in [0.25, 0.3) is 0 Å². The number of benzene rings is 2. The third kappa shape index (κ3) is 4.23. The fourth-order valence-corrected chi connectivity index (χ4v) is 2.36. The van der Waals surface area contributed by atoms with Crippen molar-refractivity contribution >= 4 is 28.3 Å². The largest absolute Gasteiger partial charge is 0.490 e. The van der Waals surface area contributed by atoms with E-state index in [1.54, 1.807) is 12.1 Å². The van der Waals surface area contributed by atoms with Crippen LogP contribution in [-0.4, -0.2) is 6.61 Å². The molecule has 0 aliphatic carbocycles. The highest BCUT2D eigenvalue weighted by Crippen LogP contribution is 2.20. The summed E-state index contributed by atoms with van der Waals surface area (Å²) in [6.07, 6.45) is 1.71. The fourth-order valence-electron chi connectivity index (χ4n) is 1.69. The minimum absolute atomic E-state index is 0.219. The van der Waals surface area contributed by atoms with E-state index in [9.17, 15) is 4.39 Å². The van der Waals surface area contributed by atoms with Crippen LogP contribution in [0.5, 0.6) is 5.75 Å². The Hall–Kier alpha value is -1.56. The molecule has 2 aromatic rings. The molecular weight excluding hydrogens is 368 g/mol. The minimum atomic E-state index is -0.219. The molecule has 0 aliphatic rings. The molecule has 4 heteroatoms. The van der Waals surface area contributed by atoms with Gasteiger partial charge in [0.2, 0.25) is 0 Å². The van der Waals surface area contributed by atoms with Crippen molar-refractivity contribution in [2.45, 2.75) is 6.54 Å². The quantitative estimate of drug-likeness (QED) is 0.581. The van der Waals surface area contributed by atoms with Gasteiger partial charge in [-0.2, -0.15) is 0 Å². The number of ether oxygens (including phenoxy) is 1. The molecule has 0 saturated carbocycles. The smallest absolute Gasteiger partial charge is 0.124 e. The summed E-state index contributed by atoms with van der Waals surface area (Å²) in [6.45, 7) is 4.80. The SMILES string of the molecule is C=CCOc1ccc(CNc2ccc(F)cc2I)cc1. The summed E-state index contributed by atoms with van der Waals surface area (Å²) in [6, 6.07) is 12.6. The van der Waals surface area contributed by atoms with Gasteiger partial charge in [-0.05, 0) is 58.5 Å². The Labute approximate surface area is 131 Å². The molecule has 0 spiro atoms. The van der Waals surface area contributed by atoms with Gasteiger partial charge in [0.05, 0.1) is 0 Å². The minimum Gasteiger partial charge on any atom is -0.490 e. The maximum atomic E-state index is 13.0. The van der Waals surface area contributed by atoms with Crippen LogP contribution in [0.15, 0.2) is 55.1 Å². The Balaban J connectivity index is 1.95. The molecule has 0 unspecified atom stereocenters. The zero-order valence-electron chi connectivity index (χ0n) is 10.9. The maximum absolute atomic E-state index is 13.0. The summed E-state index contributed by atoms with van der Waals surface area (Å²) in [5, 5.41) is 3.29. The molecule has 104 valence electrons. The van der Waals surface area contributed by atoms with Crippen molar-refractivity contribution in [2.75, 3.05) is 11.9 Å². The van der Waals surface area contributed by atoms with Crippen LogP contribution in [0.4, 0.5) is 10.1 Å². The van der Waals surface area contributed by atoms with E-state index in [0.717, 1.165) is 20.6 Å². The number of rotatable bonds is 6. The lowest BCUT2D eigenvalue weighted by Crippen LogP contribution is -2.01. The topological polar surface area (TPSA) is 21.3 Å². The van der Waals surface area contributed by atoms with Crippen LogP contribution in [0.25, 0.3) is 0 Å². The van der Waals surface area contributed by atoms with Crippen molar-refractivity contribution in [3.05, 3.63) is 70.1 Å². The number of anilines is 1. The van der Waals surface area contributed by atoms with Gasteiger partial charge in [0.1, 0.15) is 18.2 Å². The highest BCUT2D eigenvalue weighted by Gasteiger charge is 2.01. The van der Waals surface area contributed by atoms with Gasteiger partial charge in [-0.25, -0.2) is 4.39 Å². The predicted octanol–water partition coefficient (Wildman–Crippen LogP) is 4.61. The first-order valence-corrected chi connectivity index (χ1v) is 7.28. The molecule has 0 heterocycles. The van der Waals surface area contributed by atoms with E-state index in [4.69, 9.17) is 4.74 Å². The van der Waals surface area contributed by atoms with Crippen LogP contribution in [0, 0.1) is 9.39 Å². The van der Waals surface area contributed by atoms with Crippen molar-refractivity contribution in [3.63, 3.8) is 0 Å². The lowest BCUT2D eigenvalue weighted by atomic mass is 10.2. The van der Waals surface area contributed by atoms with Gasteiger partial charge in [0, 0.05) is 15.8 Å². The van der Waals surface area contributed by atoms with Gasteiger partial charge < -0.3 is 10.1 Å². The van der Waals surface area contributed by atoms with E-state index in [1.165, 1.54) is 12.1 Å². The van der Waals surface area contributed by atoms with Crippen molar-refractivity contribution in [3.8, 4) is 5.75 Å². The second-order valence-electron chi connectivity index (χ2n) is 4.22. The Morgan fingerprint density at radius 1 is 1.20 bits per heavy atom. The molecule has 0 radical (unpaired) electrons. The van der Waals surface area contributed by atoms with Crippen LogP contribution >= 0.6 is 22.6 Å². The predicted molar refractivity (Wildman–Crippen MR) is 88.6 cm³/mol. The monoisotopic (exact) mass is 383 g/mol. The standard InChI is InChI=1S/C16H15FINO/c1-2-9-20-14-6-3-12(4-7-14)11-19-16-8-5-13(17)10-15(16)18/h2-8,10,19H,1,9,11H2. The highest BCUT2D eigenvalue weighted by atomic mass is 127. The van der Waals surface area contributed by atoms with Crippen molar-refractivity contribution in [1.82, 2.24) is 0 Å². The lowest BCUT2D eigenvalue weighted by molar-refractivity contribution is 0.363. The normalized spacial score (nSPS) is 10.1. The van der Waals surface area contributed by atoms with E-state index in [1.807, 2.05) is 24.3 Å². The maximum Gasteiger partial charge on any atom is 0.124 e. The Bertz CT molecular complexity index is 584. The van der Waals surface area contributed by atoms with E-state index in [-0.39, 0.29) is 5.82 Å². The molecular formula is C16H15FINO. The highest BCUT2D eigenvalue weighted by molar-refractivity contribution is 14.1. The van der Waals surface area contributed by atoms with Crippen LogP contribution in [0.2, 0.25) is 0 Å². The molecule has 2 aromatic carbocycles. The van der Waals surface area contributed by atoms with E-state index < -0.39 is 0 Å². The molecule has 2 nitrogen and oxygen atoms in total. The average Bonchev–Trinajstić information content (AvgIpc) is 2.45. The summed E-state index contributed by atoms with van der Waals surface area (Å²) in [5.41, 5.74) is 2.06. The number of nitrogens with one attached hydrogen (secondary N) is 1. The van der Waals surface area contributed by atoms with E-state index >= 15 is 0 Å². The molecule has 0 atom stereocenters. The zero-order valence-corrected chi connectivity index (χ0v) is 13.1. The first kappa shape index (κ1) is 14.8. The molecule has 0 aliphatic heterocycles. The zero-order chi connectivity index (χ0) is 14.4. The molecule has 0 aromatic heterocycles. The summed E-state index contributed by atoms with van der Waals surface area (Å²) in [7, 11) is 0. The van der Waals surface area contributed by atoms with Crippen molar-refractivity contribution < 1.29 is 9.13 Å². The van der Waals surface area contributed by atoms with Crippen LogP contribution in [-0.2, 0) is 6.54 Å². The van der Waals surface area contributed by atoms with Crippen LogP contribution in [0.1, 0.15) is 5.56 Å². The number of halogens is 2. The van der Waals surface area contributed by atoms with Crippen molar-refractivity contribution in [2.24, 2.45) is 0 Å². The molecule has 0 fully saturated rings. The third-order valence-electron chi connectivity index (χ3n) is 2.71. The van der Waals surface area contributed by atoms with E-state index in [2.05, 4.69) is 34.5 Å². The molecule has 1 N–H and O–H groups in total. The summed E-state index contributed by atoms with van der Waals surface area (Å²) in [4.78, 5) is 0. The first-order valence-electron chi connectivity index (χ1n) is 6.20. The van der Waals surface area contributed by atoms with Crippen LogP contribution in [0.3, 0.4) is 0 Å². The molecule has 2 rings (SSSR count).